The monoisotopic (exact) mass is 340 g/mol. The third-order valence-corrected chi connectivity index (χ3v) is 5.14. The first kappa shape index (κ1) is 14.9. The summed E-state index contributed by atoms with van der Waals surface area (Å²) >= 11 is 1.65. The number of anilines is 2. The SMILES string of the molecule is O=C(Nc1ccc2nc(N3CCCC3)sc2c1)c1ccc(=O)[nH]c1. The number of benzene rings is 1. The zero-order chi connectivity index (χ0) is 16.5. The molecule has 1 aliphatic rings. The lowest BCUT2D eigenvalue weighted by molar-refractivity contribution is 0.102. The first-order chi connectivity index (χ1) is 11.7. The summed E-state index contributed by atoms with van der Waals surface area (Å²) in [6, 6.07) is 8.55. The molecule has 0 saturated carbocycles. The number of pyridine rings is 1. The molecule has 0 bridgehead atoms. The minimum Gasteiger partial charge on any atom is -0.348 e. The van der Waals surface area contributed by atoms with Gasteiger partial charge in [-0.05, 0) is 37.1 Å². The Hall–Kier alpha value is -2.67. The fraction of sp³-hybridized carbons (Fsp3) is 0.235. The third-order valence-electron chi connectivity index (χ3n) is 4.06. The number of aromatic amines is 1. The quantitative estimate of drug-likeness (QED) is 0.768. The van der Waals surface area contributed by atoms with Gasteiger partial charge in [-0.25, -0.2) is 4.98 Å². The molecule has 1 aliphatic heterocycles. The maximum Gasteiger partial charge on any atom is 0.257 e. The van der Waals surface area contributed by atoms with E-state index in [0.29, 0.717) is 5.56 Å². The van der Waals surface area contributed by atoms with Gasteiger partial charge in [-0.2, -0.15) is 0 Å². The smallest absolute Gasteiger partial charge is 0.257 e. The van der Waals surface area contributed by atoms with Gasteiger partial charge in [0.1, 0.15) is 0 Å². The molecule has 24 heavy (non-hydrogen) atoms. The van der Waals surface area contributed by atoms with Crippen molar-refractivity contribution in [3.63, 3.8) is 0 Å². The molecule has 1 saturated heterocycles. The molecule has 1 fully saturated rings. The first-order valence-corrected chi connectivity index (χ1v) is 8.66. The van der Waals surface area contributed by atoms with Crippen LogP contribution in [0.15, 0.2) is 41.3 Å². The number of H-pyrrole nitrogens is 1. The van der Waals surface area contributed by atoms with Gasteiger partial charge in [-0.1, -0.05) is 11.3 Å². The van der Waals surface area contributed by atoms with Crippen molar-refractivity contribution in [1.29, 1.82) is 0 Å². The van der Waals surface area contributed by atoms with Crippen LogP contribution in [0.25, 0.3) is 10.2 Å². The van der Waals surface area contributed by atoms with E-state index in [1.54, 1.807) is 11.3 Å². The maximum absolute atomic E-state index is 12.2. The first-order valence-electron chi connectivity index (χ1n) is 7.85. The average molecular weight is 340 g/mol. The zero-order valence-corrected chi connectivity index (χ0v) is 13.7. The fourth-order valence-electron chi connectivity index (χ4n) is 2.79. The standard InChI is InChI=1S/C17H16N4O2S/c22-15-6-3-11(10-18-15)16(23)19-12-4-5-13-14(9-12)24-17(20-13)21-7-1-2-8-21/h3-6,9-10H,1-2,7-8H2,(H,18,22)(H,19,23). The van der Waals surface area contributed by atoms with Crippen molar-refractivity contribution in [3.8, 4) is 0 Å². The predicted octanol–water partition coefficient (Wildman–Crippen LogP) is 2.84. The maximum atomic E-state index is 12.2. The van der Waals surface area contributed by atoms with Crippen LogP contribution >= 0.6 is 11.3 Å². The van der Waals surface area contributed by atoms with Gasteiger partial charge in [0.05, 0.1) is 15.8 Å². The zero-order valence-electron chi connectivity index (χ0n) is 12.9. The van der Waals surface area contributed by atoms with E-state index < -0.39 is 0 Å². The Bertz CT molecular complexity index is 936. The molecule has 0 aliphatic carbocycles. The second kappa shape index (κ2) is 6.09. The van der Waals surface area contributed by atoms with E-state index in [1.807, 2.05) is 18.2 Å². The van der Waals surface area contributed by atoms with Crippen LogP contribution in [0.5, 0.6) is 0 Å². The Morgan fingerprint density at radius 3 is 2.79 bits per heavy atom. The Labute approximate surface area is 142 Å². The minimum absolute atomic E-state index is 0.230. The van der Waals surface area contributed by atoms with Gasteiger partial charge in [-0.15, -0.1) is 0 Å². The predicted molar refractivity (Wildman–Crippen MR) is 96.1 cm³/mol. The lowest BCUT2D eigenvalue weighted by atomic mass is 10.2. The third kappa shape index (κ3) is 2.90. The molecule has 1 aromatic carbocycles. The van der Waals surface area contributed by atoms with Crippen molar-refractivity contribution >= 4 is 38.3 Å². The van der Waals surface area contributed by atoms with Crippen LogP contribution in [0.3, 0.4) is 0 Å². The number of carbonyl (C=O) groups is 1. The van der Waals surface area contributed by atoms with Gasteiger partial charge in [-0.3, -0.25) is 9.59 Å². The van der Waals surface area contributed by atoms with Crippen LogP contribution in [0, 0.1) is 0 Å². The number of carbonyl (C=O) groups excluding carboxylic acids is 1. The van der Waals surface area contributed by atoms with Gasteiger partial charge < -0.3 is 15.2 Å². The van der Waals surface area contributed by atoms with Crippen molar-refractivity contribution in [2.24, 2.45) is 0 Å². The van der Waals surface area contributed by atoms with Gasteiger partial charge >= 0.3 is 0 Å². The number of rotatable bonds is 3. The normalized spacial score (nSPS) is 14.2. The molecular formula is C17H16N4O2S. The lowest BCUT2D eigenvalue weighted by Crippen LogP contribution is -2.16. The Balaban J connectivity index is 1.56. The molecule has 0 spiro atoms. The largest absolute Gasteiger partial charge is 0.348 e. The van der Waals surface area contributed by atoms with Crippen LogP contribution in [0.2, 0.25) is 0 Å². The molecule has 1 amide bonds. The Morgan fingerprint density at radius 2 is 2.04 bits per heavy atom. The molecule has 2 aromatic heterocycles. The van der Waals surface area contributed by atoms with Crippen molar-refractivity contribution in [1.82, 2.24) is 9.97 Å². The number of hydrogen-bond acceptors (Lipinski definition) is 5. The molecule has 3 aromatic rings. The second-order valence-electron chi connectivity index (χ2n) is 5.77. The molecule has 0 radical (unpaired) electrons. The molecule has 0 unspecified atom stereocenters. The summed E-state index contributed by atoms with van der Waals surface area (Å²) in [6.45, 7) is 2.13. The molecule has 2 N–H and O–H groups in total. The highest BCUT2D eigenvalue weighted by atomic mass is 32.1. The summed E-state index contributed by atoms with van der Waals surface area (Å²) in [5.41, 5.74) is 1.85. The molecule has 6 nitrogen and oxygen atoms in total. The molecule has 3 heterocycles. The lowest BCUT2D eigenvalue weighted by Gasteiger charge is -2.11. The van der Waals surface area contributed by atoms with Crippen LogP contribution in [0.1, 0.15) is 23.2 Å². The van der Waals surface area contributed by atoms with E-state index in [-0.39, 0.29) is 11.5 Å². The number of fused-ring (bicyclic) bond motifs is 1. The van der Waals surface area contributed by atoms with Crippen molar-refractivity contribution < 1.29 is 4.79 Å². The van der Waals surface area contributed by atoms with Gasteiger partial charge in [0.2, 0.25) is 5.56 Å². The van der Waals surface area contributed by atoms with Crippen LogP contribution < -0.4 is 15.8 Å². The summed E-state index contributed by atoms with van der Waals surface area (Å²) in [5.74, 6) is -0.255. The number of nitrogens with zero attached hydrogens (tertiary/aromatic N) is 2. The topological polar surface area (TPSA) is 78.1 Å². The summed E-state index contributed by atoms with van der Waals surface area (Å²) in [6.07, 6.45) is 3.85. The highest BCUT2D eigenvalue weighted by Crippen LogP contribution is 2.32. The van der Waals surface area contributed by atoms with E-state index in [2.05, 4.69) is 20.2 Å². The van der Waals surface area contributed by atoms with Crippen LogP contribution in [-0.4, -0.2) is 29.0 Å². The van der Waals surface area contributed by atoms with Gasteiger partial charge in [0, 0.05) is 31.0 Å². The van der Waals surface area contributed by atoms with Crippen molar-refractivity contribution in [3.05, 3.63) is 52.4 Å². The highest BCUT2D eigenvalue weighted by Gasteiger charge is 2.16. The van der Waals surface area contributed by atoms with E-state index in [9.17, 15) is 9.59 Å². The van der Waals surface area contributed by atoms with E-state index in [1.165, 1.54) is 31.2 Å². The number of hydrogen-bond donors (Lipinski definition) is 2. The fourth-order valence-corrected chi connectivity index (χ4v) is 3.85. The minimum atomic E-state index is -0.255. The van der Waals surface area contributed by atoms with E-state index in [4.69, 9.17) is 0 Å². The number of nitrogens with one attached hydrogen (secondary N) is 2. The van der Waals surface area contributed by atoms with Crippen LogP contribution in [0.4, 0.5) is 10.8 Å². The molecule has 0 atom stereocenters. The summed E-state index contributed by atoms with van der Waals surface area (Å²) in [5, 5.41) is 3.90. The molecular weight excluding hydrogens is 324 g/mol. The average Bonchev–Trinajstić information content (AvgIpc) is 3.24. The van der Waals surface area contributed by atoms with Gasteiger partial charge in [0.25, 0.3) is 5.91 Å². The van der Waals surface area contributed by atoms with Crippen molar-refractivity contribution in [2.75, 3.05) is 23.3 Å². The number of aromatic nitrogens is 2. The molecule has 4 rings (SSSR count). The summed E-state index contributed by atoms with van der Waals surface area (Å²) < 4.78 is 1.05. The van der Waals surface area contributed by atoms with Crippen molar-refractivity contribution in [2.45, 2.75) is 12.8 Å². The summed E-state index contributed by atoms with van der Waals surface area (Å²) in [4.78, 5) is 32.8. The Morgan fingerprint density at radius 1 is 1.21 bits per heavy atom. The number of thiazole rings is 1. The second-order valence-corrected chi connectivity index (χ2v) is 6.78. The van der Waals surface area contributed by atoms with Crippen LogP contribution in [-0.2, 0) is 0 Å². The Kier molecular flexibility index (Phi) is 3.78. The highest BCUT2D eigenvalue weighted by molar-refractivity contribution is 7.22. The molecule has 122 valence electrons. The van der Waals surface area contributed by atoms with E-state index in [0.717, 1.165) is 34.1 Å². The van der Waals surface area contributed by atoms with Gasteiger partial charge in [0.15, 0.2) is 5.13 Å². The van der Waals surface area contributed by atoms with E-state index >= 15 is 0 Å². The summed E-state index contributed by atoms with van der Waals surface area (Å²) in [7, 11) is 0. The number of amides is 1. The molecule has 7 heteroatoms.